The van der Waals surface area contributed by atoms with Crippen LogP contribution in [0.2, 0.25) is 0 Å². The topological polar surface area (TPSA) is 46.5 Å². The minimum atomic E-state index is -0.568. The summed E-state index contributed by atoms with van der Waals surface area (Å²) in [4.78, 5) is 10.8. The van der Waals surface area contributed by atoms with Crippen LogP contribution in [-0.4, -0.2) is 27.7 Å². The summed E-state index contributed by atoms with van der Waals surface area (Å²) in [7, 11) is 0. The van der Waals surface area contributed by atoms with Crippen molar-refractivity contribution in [3.05, 3.63) is 0 Å². The lowest BCUT2D eigenvalue weighted by molar-refractivity contribution is -0.149. The normalized spacial score (nSPS) is 13.2. The molecule has 4 heteroatoms. The third-order valence-electron chi connectivity index (χ3n) is 0.948. The third-order valence-corrected chi connectivity index (χ3v) is 1.96. The van der Waals surface area contributed by atoms with Crippen LogP contribution in [0.3, 0.4) is 0 Å². The Kier molecular flexibility index (Phi) is 5.85. The van der Waals surface area contributed by atoms with E-state index in [9.17, 15) is 4.79 Å². The first-order chi connectivity index (χ1) is 5.06. The van der Waals surface area contributed by atoms with E-state index < -0.39 is 6.10 Å². The molecule has 0 bridgehead atoms. The number of aliphatic hydroxyl groups is 1. The molecule has 0 unspecified atom stereocenters. The van der Waals surface area contributed by atoms with Crippen molar-refractivity contribution in [2.45, 2.75) is 32.5 Å². The molecule has 66 valence electrons. The number of aliphatic hydroxyl groups excluding tert-OH is 1. The summed E-state index contributed by atoms with van der Waals surface area (Å²) < 4.78 is 5.38. The van der Waals surface area contributed by atoms with Crippen LogP contribution in [0, 0.1) is 0 Å². The maximum atomic E-state index is 10.8. The van der Waals surface area contributed by atoms with Gasteiger partial charge in [0.1, 0.15) is 0 Å². The number of halogens is 1. The lowest BCUT2D eigenvalue weighted by atomic mass is 10.3. The molecule has 0 saturated carbocycles. The summed E-state index contributed by atoms with van der Waals surface area (Å²) >= 11 is 2.02. The van der Waals surface area contributed by atoms with Crippen molar-refractivity contribution in [3.8, 4) is 0 Å². The highest BCUT2D eigenvalue weighted by atomic mass is 127. The number of ether oxygens (including phenoxy) is 1. The Hall–Kier alpha value is 0.160. The Labute approximate surface area is 80.3 Å². The van der Waals surface area contributed by atoms with Gasteiger partial charge in [0.05, 0.1) is 18.6 Å². The molecule has 0 fully saturated rings. The number of hydrogen-bond donors (Lipinski definition) is 1. The van der Waals surface area contributed by atoms with Gasteiger partial charge in [-0.3, -0.25) is 4.79 Å². The van der Waals surface area contributed by atoms with Crippen LogP contribution in [0.1, 0.15) is 20.3 Å². The second-order valence-corrected chi connectivity index (χ2v) is 3.43. The van der Waals surface area contributed by atoms with Crippen molar-refractivity contribution in [1.82, 2.24) is 0 Å². The minimum Gasteiger partial charge on any atom is -0.463 e. The van der Waals surface area contributed by atoms with E-state index in [1.807, 2.05) is 22.6 Å². The van der Waals surface area contributed by atoms with E-state index in [2.05, 4.69) is 0 Å². The lowest BCUT2D eigenvalue weighted by Gasteiger charge is -2.09. The smallest absolute Gasteiger partial charge is 0.308 e. The molecule has 0 aliphatic rings. The van der Waals surface area contributed by atoms with E-state index in [4.69, 9.17) is 9.84 Å². The van der Waals surface area contributed by atoms with Crippen LogP contribution in [0.25, 0.3) is 0 Å². The second kappa shape index (κ2) is 5.77. The summed E-state index contributed by atoms with van der Waals surface area (Å²) in [5.41, 5.74) is 0. The highest BCUT2D eigenvalue weighted by Crippen LogP contribution is 2.00. The van der Waals surface area contributed by atoms with Crippen molar-refractivity contribution in [3.63, 3.8) is 0 Å². The van der Waals surface area contributed by atoms with Crippen LogP contribution in [-0.2, 0) is 9.53 Å². The molecular formula is C7H13IO3. The summed E-state index contributed by atoms with van der Waals surface area (Å²) in [6.07, 6.45) is -0.563. The van der Waals surface area contributed by atoms with Gasteiger partial charge in [0, 0.05) is 4.43 Å². The van der Waals surface area contributed by atoms with E-state index in [1.165, 1.54) is 0 Å². The Morgan fingerprint density at radius 1 is 1.64 bits per heavy atom. The van der Waals surface area contributed by atoms with Crippen molar-refractivity contribution in [2.24, 2.45) is 0 Å². The molecule has 0 aliphatic carbocycles. The highest BCUT2D eigenvalue weighted by molar-refractivity contribution is 14.1. The van der Waals surface area contributed by atoms with E-state index in [1.54, 1.807) is 13.8 Å². The Bertz CT molecular complexity index is 125. The average Bonchev–Trinajstić information content (AvgIpc) is 1.85. The minimum absolute atomic E-state index is 0.0936. The van der Waals surface area contributed by atoms with Crippen LogP contribution in [0.5, 0.6) is 0 Å². The zero-order valence-corrected chi connectivity index (χ0v) is 8.87. The van der Waals surface area contributed by atoms with Gasteiger partial charge in [-0.2, -0.15) is 0 Å². The van der Waals surface area contributed by atoms with E-state index in [0.717, 1.165) is 0 Å². The van der Waals surface area contributed by atoms with Crippen molar-refractivity contribution in [1.29, 1.82) is 0 Å². The SMILES string of the molecule is CC(C)OC(=O)C[C@H](O)CI. The third kappa shape index (κ3) is 6.55. The van der Waals surface area contributed by atoms with Crippen LogP contribution in [0.4, 0.5) is 0 Å². The fourth-order valence-corrected chi connectivity index (χ4v) is 0.869. The zero-order valence-electron chi connectivity index (χ0n) is 6.71. The Balaban J connectivity index is 3.52. The average molecular weight is 272 g/mol. The van der Waals surface area contributed by atoms with Crippen LogP contribution in [0.15, 0.2) is 0 Å². The van der Waals surface area contributed by atoms with Gasteiger partial charge in [0.25, 0.3) is 0 Å². The number of rotatable bonds is 4. The summed E-state index contributed by atoms with van der Waals surface area (Å²) in [6.45, 7) is 3.57. The number of hydrogen-bond acceptors (Lipinski definition) is 3. The predicted octanol–water partition coefficient (Wildman–Crippen LogP) is 1.12. The fraction of sp³-hybridized carbons (Fsp3) is 0.857. The molecule has 1 atom stereocenters. The first kappa shape index (κ1) is 11.2. The first-order valence-electron chi connectivity index (χ1n) is 3.49. The molecule has 0 aromatic rings. The van der Waals surface area contributed by atoms with Crippen LogP contribution < -0.4 is 0 Å². The molecule has 1 N–H and O–H groups in total. The number of alkyl halides is 1. The van der Waals surface area contributed by atoms with Crippen molar-refractivity contribution >= 4 is 28.6 Å². The van der Waals surface area contributed by atoms with Crippen molar-refractivity contribution < 1.29 is 14.6 Å². The monoisotopic (exact) mass is 272 g/mol. The van der Waals surface area contributed by atoms with Gasteiger partial charge in [0.2, 0.25) is 0 Å². The summed E-state index contributed by atoms with van der Waals surface area (Å²) in [6, 6.07) is 0. The standard InChI is InChI=1S/C7H13IO3/c1-5(2)11-7(10)3-6(9)4-8/h5-6,9H,3-4H2,1-2H3/t6-/m0/s1. The Morgan fingerprint density at radius 3 is 2.55 bits per heavy atom. The molecule has 0 heterocycles. The molecule has 0 spiro atoms. The first-order valence-corrected chi connectivity index (χ1v) is 5.02. The predicted molar refractivity (Wildman–Crippen MR) is 50.7 cm³/mol. The summed E-state index contributed by atoms with van der Waals surface area (Å²) in [5, 5.41) is 9.03. The second-order valence-electron chi connectivity index (χ2n) is 2.55. The quantitative estimate of drug-likeness (QED) is 0.474. The molecule has 0 aromatic heterocycles. The molecular weight excluding hydrogens is 259 g/mol. The summed E-state index contributed by atoms with van der Waals surface area (Å²) in [5.74, 6) is -0.329. The molecule has 0 radical (unpaired) electrons. The van der Waals surface area contributed by atoms with Gasteiger partial charge in [-0.05, 0) is 13.8 Å². The number of carbonyl (C=O) groups is 1. The number of esters is 1. The zero-order chi connectivity index (χ0) is 8.85. The van der Waals surface area contributed by atoms with Gasteiger partial charge in [-0.15, -0.1) is 0 Å². The molecule has 11 heavy (non-hydrogen) atoms. The Morgan fingerprint density at radius 2 is 2.18 bits per heavy atom. The van der Waals surface area contributed by atoms with Gasteiger partial charge >= 0.3 is 5.97 Å². The molecule has 0 saturated heterocycles. The van der Waals surface area contributed by atoms with Crippen LogP contribution >= 0.6 is 22.6 Å². The molecule has 3 nitrogen and oxygen atoms in total. The largest absolute Gasteiger partial charge is 0.463 e. The van der Waals surface area contributed by atoms with E-state index in [-0.39, 0.29) is 18.5 Å². The van der Waals surface area contributed by atoms with Gasteiger partial charge in [-0.25, -0.2) is 0 Å². The molecule has 0 aliphatic heterocycles. The highest BCUT2D eigenvalue weighted by Gasteiger charge is 2.11. The van der Waals surface area contributed by atoms with E-state index >= 15 is 0 Å². The fourth-order valence-electron chi connectivity index (χ4n) is 0.558. The molecule has 0 amide bonds. The maximum absolute atomic E-state index is 10.8. The lowest BCUT2D eigenvalue weighted by Crippen LogP contribution is -2.19. The molecule has 0 rings (SSSR count). The van der Waals surface area contributed by atoms with E-state index in [0.29, 0.717) is 4.43 Å². The number of carbonyl (C=O) groups excluding carboxylic acids is 1. The van der Waals surface area contributed by atoms with Gasteiger partial charge < -0.3 is 9.84 Å². The maximum Gasteiger partial charge on any atom is 0.308 e. The van der Waals surface area contributed by atoms with Gasteiger partial charge in [-0.1, -0.05) is 22.6 Å². The van der Waals surface area contributed by atoms with Crippen molar-refractivity contribution in [2.75, 3.05) is 4.43 Å². The molecule has 0 aromatic carbocycles. The van der Waals surface area contributed by atoms with Gasteiger partial charge in [0.15, 0.2) is 0 Å².